The number of amides is 1. The third kappa shape index (κ3) is 4.39. The molecule has 0 saturated carbocycles. The van der Waals surface area contributed by atoms with Gasteiger partial charge in [-0.3, -0.25) is 4.79 Å². The number of nitrogens with zero attached hydrogens (tertiary/aromatic N) is 4. The van der Waals surface area contributed by atoms with Crippen LogP contribution in [0.5, 0.6) is 0 Å². The van der Waals surface area contributed by atoms with Gasteiger partial charge in [-0.25, -0.2) is 12.9 Å². The minimum atomic E-state index is -3.56. The van der Waals surface area contributed by atoms with Crippen molar-refractivity contribution in [3.05, 3.63) is 64.9 Å². The van der Waals surface area contributed by atoms with Crippen LogP contribution in [0.1, 0.15) is 53.9 Å². The Bertz CT molecular complexity index is 1280. The van der Waals surface area contributed by atoms with Crippen LogP contribution in [0.3, 0.4) is 0 Å². The summed E-state index contributed by atoms with van der Waals surface area (Å²) in [5.74, 6) is 0.276. The summed E-state index contributed by atoms with van der Waals surface area (Å²) in [6, 6.07) is 10.5. The Labute approximate surface area is 199 Å². The zero-order chi connectivity index (χ0) is 23.0. The van der Waals surface area contributed by atoms with Crippen molar-refractivity contribution in [2.75, 3.05) is 26.2 Å². The summed E-state index contributed by atoms with van der Waals surface area (Å²) in [5.41, 5.74) is 2.58. The van der Waals surface area contributed by atoms with E-state index in [-0.39, 0.29) is 16.7 Å². The summed E-state index contributed by atoms with van der Waals surface area (Å²) in [6.45, 7) is 2.50. The highest BCUT2D eigenvalue weighted by molar-refractivity contribution is 7.89. The highest BCUT2D eigenvalue weighted by Gasteiger charge is 2.30. The second kappa shape index (κ2) is 9.08. The highest BCUT2D eigenvalue weighted by Crippen LogP contribution is 2.32. The van der Waals surface area contributed by atoms with Gasteiger partial charge in [-0.05, 0) is 73.9 Å². The van der Waals surface area contributed by atoms with Crippen LogP contribution in [-0.4, -0.2) is 59.3 Å². The molecule has 0 radical (unpaired) electrons. The van der Waals surface area contributed by atoms with Crippen molar-refractivity contribution in [3.8, 4) is 0 Å². The number of carbonyl (C=O) groups excluding carboxylic acids is 1. The van der Waals surface area contributed by atoms with Gasteiger partial charge < -0.3 is 4.90 Å². The fourth-order valence-corrected chi connectivity index (χ4v) is 6.66. The highest BCUT2D eigenvalue weighted by atomic mass is 35.5. The average Bonchev–Trinajstić information content (AvgIpc) is 3.27. The Morgan fingerprint density at radius 2 is 1.76 bits per heavy atom. The summed E-state index contributed by atoms with van der Waals surface area (Å²) >= 11 is 6.00. The van der Waals surface area contributed by atoms with E-state index >= 15 is 0 Å². The Morgan fingerprint density at radius 3 is 2.48 bits per heavy atom. The fourth-order valence-electron chi connectivity index (χ4n) is 4.89. The molecule has 5 rings (SSSR count). The average molecular weight is 487 g/mol. The van der Waals surface area contributed by atoms with Crippen molar-refractivity contribution >= 4 is 33.0 Å². The number of piperidine rings is 2. The number of benzene rings is 1. The number of hydrogen-bond donors (Lipinski definition) is 0. The molecule has 33 heavy (non-hydrogen) atoms. The predicted octanol–water partition coefficient (Wildman–Crippen LogP) is 4.18. The van der Waals surface area contributed by atoms with Crippen molar-refractivity contribution in [1.29, 1.82) is 0 Å². The monoisotopic (exact) mass is 486 g/mol. The maximum absolute atomic E-state index is 13.1. The molecule has 2 aliphatic rings. The molecule has 0 bridgehead atoms. The fraction of sp³-hybridized carbons (Fsp3) is 0.417. The van der Waals surface area contributed by atoms with Crippen molar-refractivity contribution in [2.45, 2.75) is 42.9 Å². The lowest BCUT2D eigenvalue weighted by Gasteiger charge is -2.31. The van der Waals surface area contributed by atoms with Gasteiger partial charge in [-0.2, -0.15) is 9.40 Å². The summed E-state index contributed by atoms with van der Waals surface area (Å²) in [5, 5.41) is 4.79. The number of rotatable bonds is 4. The summed E-state index contributed by atoms with van der Waals surface area (Å²) in [7, 11) is -3.56. The molecule has 3 aromatic rings. The van der Waals surface area contributed by atoms with E-state index in [0.29, 0.717) is 23.7 Å². The minimum absolute atomic E-state index is 0.0456. The van der Waals surface area contributed by atoms with E-state index < -0.39 is 10.0 Å². The van der Waals surface area contributed by atoms with E-state index in [1.165, 1.54) is 16.8 Å². The van der Waals surface area contributed by atoms with Crippen LogP contribution < -0.4 is 0 Å². The standard InChI is InChI=1S/C24H27ClN4O3S/c25-20-5-4-6-21(16-20)33(31,32)28-12-7-18(8-13-28)19-9-14-29-23(15-19)22(17-26-29)24(30)27-10-2-1-3-11-27/h4-6,9,14-18H,1-3,7-8,10-13H2. The van der Waals surface area contributed by atoms with E-state index in [1.807, 2.05) is 17.2 Å². The van der Waals surface area contributed by atoms with Crippen molar-refractivity contribution < 1.29 is 13.2 Å². The molecule has 0 spiro atoms. The smallest absolute Gasteiger partial charge is 0.257 e. The third-order valence-electron chi connectivity index (χ3n) is 6.78. The number of hydrogen-bond acceptors (Lipinski definition) is 4. The number of fused-ring (bicyclic) bond motifs is 1. The van der Waals surface area contributed by atoms with E-state index in [1.54, 1.807) is 28.9 Å². The molecule has 0 unspecified atom stereocenters. The van der Waals surface area contributed by atoms with Gasteiger partial charge in [0, 0.05) is 37.4 Å². The first-order valence-corrected chi connectivity index (χ1v) is 13.3. The Balaban J connectivity index is 1.33. The molecule has 1 aromatic carbocycles. The quantitative estimate of drug-likeness (QED) is 0.554. The van der Waals surface area contributed by atoms with Crippen LogP contribution in [0.25, 0.3) is 5.52 Å². The van der Waals surface area contributed by atoms with Crippen molar-refractivity contribution in [2.24, 2.45) is 0 Å². The Morgan fingerprint density at radius 1 is 1.00 bits per heavy atom. The number of sulfonamides is 1. The van der Waals surface area contributed by atoms with Crippen LogP contribution in [0, 0.1) is 0 Å². The number of halogens is 1. The predicted molar refractivity (Wildman–Crippen MR) is 127 cm³/mol. The molecule has 2 fully saturated rings. The minimum Gasteiger partial charge on any atom is -0.339 e. The van der Waals surface area contributed by atoms with Gasteiger partial charge in [-0.15, -0.1) is 0 Å². The second-order valence-corrected chi connectivity index (χ2v) is 11.2. The third-order valence-corrected chi connectivity index (χ3v) is 8.91. The van der Waals surface area contributed by atoms with Gasteiger partial charge in [0.25, 0.3) is 5.91 Å². The van der Waals surface area contributed by atoms with Gasteiger partial charge in [-0.1, -0.05) is 17.7 Å². The van der Waals surface area contributed by atoms with Crippen molar-refractivity contribution in [3.63, 3.8) is 0 Å². The van der Waals surface area contributed by atoms with Crippen LogP contribution in [0.15, 0.2) is 53.7 Å². The zero-order valence-electron chi connectivity index (χ0n) is 18.4. The Kier molecular flexibility index (Phi) is 6.16. The largest absolute Gasteiger partial charge is 0.339 e. The number of pyridine rings is 1. The first-order valence-electron chi connectivity index (χ1n) is 11.5. The number of aromatic nitrogens is 2. The molecule has 0 atom stereocenters. The van der Waals surface area contributed by atoms with E-state index in [4.69, 9.17) is 11.6 Å². The molecular weight excluding hydrogens is 460 g/mol. The molecule has 9 heteroatoms. The normalized spacial score (nSPS) is 18.6. The van der Waals surface area contributed by atoms with Crippen LogP contribution in [0.4, 0.5) is 0 Å². The lowest BCUT2D eigenvalue weighted by molar-refractivity contribution is 0.0726. The molecule has 2 saturated heterocycles. The first kappa shape index (κ1) is 22.4. The number of carbonyl (C=O) groups is 1. The van der Waals surface area contributed by atoms with Gasteiger partial charge in [0.05, 0.1) is 22.2 Å². The van der Waals surface area contributed by atoms with Gasteiger partial charge in [0.2, 0.25) is 10.0 Å². The molecular formula is C24H27ClN4O3S. The maximum Gasteiger partial charge on any atom is 0.257 e. The van der Waals surface area contributed by atoms with E-state index in [0.717, 1.165) is 49.9 Å². The van der Waals surface area contributed by atoms with Gasteiger partial charge >= 0.3 is 0 Å². The van der Waals surface area contributed by atoms with Crippen LogP contribution >= 0.6 is 11.6 Å². The second-order valence-electron chi connectivity index (χ2n) is 8.84. The van der Waals surface area contributed by atoms with Crippen molar-refractivity contribution in [1.82, 2.24) is 18.8 Å². The van der Waals surface area contributed by atoms with E-state index in [9.17, 15) is 13.2 Å². The van der Waals surface area contributed by atoms with Gasteiger partial charge in [0.1, 0.15) is 0 Å². The molecule has 2 aliphatic heterocycles. The molecule has 174 valence electrons. The molecule has 2 aromatic heterocycles. The summed E-state index contributed by atoms with van der Waals surface area (Å²) < 4.78 is 29.3. The molecule has 0 N–H and O–H groups in total. The Hall–Kier alpha value is -2.42. The molecule has 4 heterocycles. The molecule has 7 nitrogen and oxygen atoms in total. The van der Waals surface area contributed by atoms with E-state index in [2.05, 4.69) is 11.2 Å². The van der Waals surface area contributed by atoms with Gasteiger partial charge in [0.15, 0.2) is 0 Å². The molecule has 0 aliphatic carbocycles. The zero-order valence-corrected chi connectivity index (χ0v) is 19.9. The van der Waals surface area contributed by atoms with Crippen LogP contribution in [-0.2, 0) is 10.0 Å². The number of likely N-dealkylation sites (tertiary alicyclic amines) is 1. The SMILES string of the molecule is O=C(c1cnn2ccc(C3CCN(S(=O)(=O)c4cccc(Cl)c4)CC3)cc12)N1CCCCC1. The lowest BCUT2D eigenvalue weighted by Crippen LogP contribution is -2.37. The lowest BCUT2D eigenvalue weighted by atomic mass is 9.90. The molecule has 1 amide bonds. The summed E-state index contributed by atoms with van der Waals surface area (Å²) in [6.07, 6.45) is 8.27. The first-order chi connectivity index (χ1) is 15.9. The van der Waals surface area contributed by atoms with Crippen LogP contribution in [0.2, 0.25) is 5.02 Å². The summed E-state index contributed by atoms with van der Waals surface area (Å²) in [4.78, 5) is 15.2. The maximum atomic E-state index is 13.1. The topological polar surface area (TPSA) is 75.0 Å².